The number of rotatable bonds is 3. The van der Waals surface area contributed by atoms with Gasteiger partial charge in [-0.05, 0) is 31.5 Å². The SMILES string of the molecule is Cc1nnc(Sc2ccccc2Cl)c(CN)c1C. The van der Waals surface area contributed by atoms with E-state index >= 15 is 0 Å². The quantitative estimate of drug-likeness (QED) is 0.936. The third kappa shape index (κ3) is 2.66. The first-order valence-electron chi connectivity index (χ1n) is 5.58. The van der Waals surface area contributed by atoms with E-state index < -0.39 is 0 Å². The highest BCUT2D eigenvalue weighted by Crippen LogP contribution is 2.34. The zero-order chi connectivity index (χ0) is 13.1. The summed E-state index contributed by atoms with van der Waals surface area (Å²) in [6.07, 6.45) is 0. The molecular weight excluding hydrogens is 266 g/mol. The summed E-state index contributed by atoms with van der Waals surface area (Å²) in [4.78, 5) is 0.964. The summed E-state index contributed by atoms with van der Waals surface area (Å²) in [6, 6.07) is 7.68. The van der Waals surface area contributed by atoms with Crippen molar-refractivity contribution in [2.24, 2.45) is 5.73 Å². The molecule has 0 unspecified atom stereocenters. The van der Waals surface area contributed by atoms with Gasteiger partial charge in [0.1, 0.15) is 5.03 Å². The second kappa shape index (κ2) is 5.69. The zero-order valence-electron chi connectivity index (χ0n) is 10.3. The van der Waals surface area contributed by atoms with Crippen LogP contribution in [-0.2, 0) is 6.54 Å². The summed E-state index contributed by atoms with van der Waals surface area (Å²) in [5, 5.41) is 9.91. The van der Waals surface area contributed by atoms with Gasteiger partial charge in [-0.1, -0.05) is 35.5 Å². The van der Waals surface area contributed by atoms with E-state index in [1.165, 1.54) is 11.8 Å². The third-order valence-corrected chi connectivity index (χ3v) is 4.33. The summed E-state index contributed by atoms with van der Waals surface area (Å²) >= 11 is 7.64. The minimum Gasteiger partial charge on any atom is -0.326 e. The summed E-state index contributed by atoms with van der Waals surface area (Å²) in [5.74, 6) is 0. The van der Waals surface area contributed by atoms with E-state index in [-0.39, 0.29) is 0 Å². The van der Waals surface area contributed by atoms with Crippen molar-refractivity contribution < 1.29 is 0 Å². The zero-order valence-corrected chi connectivity index (χ0v) is 11.8. The number of benzene rings is 1. The van der Waals surface area contributed by atoms with Gasteiger partial charge >= 0.3 is 0 Å². The number of aryl methyl sites for hydroxylation is 1. The highest BCUT2D eigenvalue weighted by atomic mass is 35.5. The van der Waals surface area contributed by atoms with Crippen LogP contribution < -0.4 is 5.73 Å². The Morgan fingerprint density at radius 1 is 1.22 bits per heavy atom. The fourth-order valence-corrected chi connectivity index (χ4v) is 2.80. The van der Waals surface area contributed by atoms with Crippen molar-refractivity contribution >= 4 is 23.4 Å². The minimum atomic E-state index is 0.453. The molecule has 0 amide bonds. The molecule has 0 aliphatic heterocycles. The largest absolute Gasteiger partial charge is 0.326 e. The summed E-state index contributed by atoms with van der Waals surface area (Å²) in [7, 11) is 0. The molecule has 0 aliphatic rings. The van der Waals surface area contributed by atoms with Crippen LogP contribution in [0.2, 0.25) is 5.02 Å². The summed E-state index contributed by atoms with van der Waals surface area (Å²) in [5.41, 5.74) is 8.85. The average molecular weight is 280 g/mol. The molecule has 0 saturated carbocycles. The fraction of sp³-hybridized carbons (Fsp3) is 0.231. The number of nitrogens with two attached hydrogens (primary N) is 1. The van der Waals surface area contributed by atoms with Crippen molar-refractivity contribution in [1.29, 1.82) is 0 Å². The van der Waals surface area contributed by atoms with Gasteiger partial charge in [0.25, 0.3) is 0 Å². The van der Waals surface area contributed by atoms with Crippen molar-refractivity contribution in [1.82, 2.24) is 10.2 Å². The summed E-state index contributed by atoms with van der Waals surface area (Å²) in [6.45, 7) is 4.41. The molecule has 0 radical (unpaired) electrons. The average Bonchev–Trinajstić information content (AvgIpc) is 2.37. The van der Waals surface area contributed by atoms with Crippen LogP contribution >= 0.6 is 23.4 Å². The Bertz CT molecular complexity index is 572. The lowest BCUT2D eigenvalue weighted by Gasteiger charge is -2.11. The maximum atomic E-state index is 6.14. The van der Waals surface area contributed by atoms with Crippen LogP contribution in [-0.4, -0.2) is 10.2 Å². The Kier molecular flexibility index (Phi) is 4.22. The van der Waals surface area contributed by atoms with Crippen LogP contribution in [0.3, 0.4) is 0 Å². The molecule has 0 fully saturated rings. The Labute approximate surface area is 116 Å². The molecule has 1 aromatic carbocycles. The van der Waals surface area contributed by atoms with Crippen LogP contribution in [0, 0.1) is 13.8 Å². The van der Waals surface area contributed by atoms with E-state index in [0.29, 0.717) is 11.6 Å². The van der Waals surface area contributed by atoms with Crippen molar-refractivity contribution in [3.05, 3.63) is 46.1 Å². The molecule has 0 saturated heterocycles. The van der Waals surface area contributed by atoms with Gasteiger partial charge in [0.15, 0.2) is 0 Å². The second-order valence-corrected chi connectivity index (χ2v) is 5.37. The second-order valence-electron chi connectivity index (χ2n) is 3.93. The summed E-state index contributed by atoms with van der Waals surface area (Å²) < 4.78 is 0. The van der Waals surface area contributed by atoms with Crippen LogP contribution in [0.5, 0.6) is 0 Å². The number of aromatic nitrogens is 2. The van der Waals surface area contributed by atoms with Crippen LogP contribution in [0.25, 0.3) is 0 Å². The predicted molar refractivity (Wildman–Crippen MR) is 75.0 cm³/mol. The third-order valence-electron chi connectivity index (χ3n) is 2.79. The normalized spacial score (nSPS) is 10.7. The van der Waals surface area contributed by atoms with Gasteiger partial charge in [-0.15, -0.1) is 5.10 Å². The molecule has 5 heteroatoms. The van der Waals surface area contributed by atoms with Gasteiger partial charge in [0.05, 0.1) is 10.7 Å². The number of hydrogen-bond acceptors (Lipinski definition) is 4. The molecule has 3 nitrogen and oxygen atoms in total. The minimum absolute atomic E-state index is 0.453. The van der Waals surface area contributed by atoms with Crippen molar-refractivity contribution in [3.8, 4) is 0 Å². The molecule has 0 aliphatic carbocycles. The number of nitrogens with zero attached hydrogens (tertiary/aromatic N) is 2. The van der Waals surface area contributed by atoms with E-state index in [1.807, 2.05) is 38.1 Å². The van der Waals surface area contributed by atoms with Crippen molar-refractivity contribution in [3.63, 3.8) is 0 Å². The van der Waals surface area contributed by atoms with E-state index in [4.69, 9.17) is 17.3 Å². The monoisotopic (exact) mass is 279 g/mol. The number of halogens is 1. The Morgan fingerprint density at radius 3 is 2.61 bits per heavy atom. The Hall–Kier alpha value is -1.10. The maximum absolute atomic E-state index is 6.14. The molecule has 1 heterocycles. The highest BCUT2D eigenvalue weighted by Gasteiger charge is 2.12. The molecule has 2 N–H and O–H groups in total. The Balaban J connectivity index is 2.41. The predicted octanol–water partition coefficient (Wildman–Crippen LogP) is 3.36. The first-order chi connectivity index (χ1) is 8.63. The Morgan fingerprint density at radius 2 is 1.94 bits per heavy atom. The van der Waals surface area contributed by atoms with Crippen LogP contribution in [0.1, 0.15) is 16.8 Å². The fourth-order valence-electron chi connectivity index (χ4n) is 1.59. The van der Waals surface area contributed by atoms with E-state index in [1.54, 1.807) is 0 Å². The highest BCUT2D eigenvalue weighted by molar-refractivity contribution is 7.99. The van der Waals surface area contributed by atoms with E-state index in [9.17, 15) is 0 Å². The standard InChI is InChI=1S/C13H14ClN3S/c1-8-9(2)16-17-13(10(8)7-15)18-12-6-4-3-5-11(12)14/h3-6H,7,15H2,1-2H3. The topological polar surface area (TPSA) is 51.8 Å². The van der Waals surface area contributed by atoms with Gasteiger partial charge < -0.3 is 5.73 Å². The van der Waals surface area contributed by atoms with Gasteiger partial charge in [0, 0.05) is 17.0 Å². The van der Waals surface area contributed by atoms with Gasteiger partial charge in [0.2, 0.25) is 0 Å². The first-order valence-corrected chi connectivity index (χ1v) is 6.78. The van der Waals surface area contributed by atoms with E-state index in [0.717, 1.165) is 26.7 Å². The molecule has 0 bridgehead atoms. The molecule has 0 spiro atoms. The van der Waals surface area contributed by atoms with Crippen molar-refractivity contribution in [2.75, 3.05) is 0 Å². The van der Waals surface area contributed by atoms with Gasteiger partial charge in [-0.3, -0.25) is 0 Å². The number of hydrogen-bond donors (Lipinski definition) is 1. The molecule has 94 valence electrons. The molecule has 0 atom stereocenters. The lowest BCUT2D eigenvalue weighted by atomic mass is 10.1. The molecule has 2 rings (SSSR count). The lowest BCUT2D eigenvalue weighted by Crippen LogP contribution is -2.06. The molecule has 2 aromatic rings. The lowest BCUT2D eigenvalue weighted by molar-refractivity contribution is 0.825. The molecular formula is C13H14ClN3S. The first kappa shape index (κ1) is 13.3. The molecule has 1 aromatic heterocycles. The smallest absolute Gasteiger partial charge is 0.128 e. The van der Waals surface area contributed by atoms with Crippen LogP contribution in [0.15, 0.2) is 34.2 Å². The maximum Gasteiger partial charge on any atom is 0.128 e. The molecule has 18 heavy (non-hydrogen) atoms. The van der Waals surface area contributed by atoms with E-state index in [2.05, 4.69) is 10.2 Å². The van der Waals surface area contributed by atoms with Crippen molar-refractivity contribution in [2.45, 2.75) is 30.3 Å². The van der Waals surface area contributed by atoms with Crippen LogP contribution in [0.4, 0.5) is 0 Å². The van der Waals surface area contributed by atoms with Gasteiger partial charge in [-0.2, -0.15) is 5.10 Å². The van der Waals surface area contributed by atoms with Gasteiger partial charge in [-0.25, -0.2) is 0 Å².